The maximum absolute atomic E-state index is 12.2. The first-order chi connectivity index (χ1) is 10.7. The summed E-state index contributed by atoms with van der Waals surface area (Å²) < 4.78 is 2.10. The third-order valence-electron chi connectivity index (χ3n) is 4.02. The van der Waals surface area contributed by atoms with Gasteiger partial charge in [-0.15, -0.1) is 0 Å². The van der Waals surface area contributed by atoms with Crippen molar-refractivity contribution >= 4 is 17.8 Å². The lowest BCUT2D eigenvalue weighted by Gasteiger charge is -2.34. The molecule has 0 bridgehead atoms. The summed E-state index contributed by atoms with van der Waals surface area (Å²) in [5.41, 5.74) is 0. The normalized spacial score (nSPS) is 16.0. The third-order valence-corrected chi connectivity index (χ3v) is 4.61. The molecule has 124 valence electrons. The van der Waals surface area contributed by atoms with Crippen molar-refractivity contribution in [3.05, 3.63) is 18.2 Å². The maximum Gasteiger partial charge on any atom is 0.317 e. The van der Waals surface area contributed by atoms with E-state index in [9.17, 15) is 4.79 Å². The highest BCUT2D eigenvalue weighted by Crippen LogP contribution is 2.04. The van der Waals surface area contributed by atoms with Crippen LogP contribution in [0.5, 0.6) is 0 Å². The van der Waals surface area contributed by atoms with Crippen LogP contribution in [0, 0.1) is 0 Å². The number of thioether (sulfide) groups is 1. The topological polar surface area (TPSA) is 53.4 Å². The van der Waals surface area contributed by atoms with Crippen LogP contribution in [0.3, 0.4) is 0 Å². The molecule has 2 heterocycles. The van der Waals surface area contributed by atoms with Gasteiger partial charge in [0.2, 0.25) is 0 Å². The SMILES string of the molecule is CCc1nccn1CCNC(=O)N1CCN(CCSC)CC1. The lowest BCUT2D eigenvalue weighted by atomic mass is 10.3. The van der Waals surface area contributed by atoms with E-state index in [1.807, 2.05) is 29.1 Å². The van der Waals surface area contributed by atoms with E-state index in [2.05, 4.69) is 32.9 Å². The minimum atomic E-state index is 0.0580. The Morgan fingerprint density at radius 1 is 1.32 bits per heavy atom. The monoisotopic (exact) mass is 325 g/mol. The van der Waals surface area contributed by atoms with E-state index in [-0.39, 0.29) is 6.03 Å². The first kappa shape index (κ1) is 17.1. The molecule has 1 aliphatic rings. The zero-order chi connectivity index (χ0) is 15.8. The van der Waals surface area contributed by atoms with E-state index in [0.717, 1.165) is 57.3 Å². The van der Waals surface area contributed by atoms with Gasteiger partial charge in [-0.25, -0.2) is 9.78 Å². The average molecular weight is 325 g/mol. The summed E-state index contributed by atoms with van der Waals surface area (Å²) in [5, 5.41) is 3.02. The van der Waals surface area contributed by atoms with Crippen molar-refractivity contribution in [3.8, 4) is 0 Å². The highest BCUT2D eigenvalue weighted by atomic mass is 32.2. The Balaban J connectivity index is 1.66. The highest BCUT2D eigenvalue weighted by Gasteiger charge is 2.20. The Hall–Kier alpha value is -1.21. The second-order valence-electron chi connectivity index (χ2n) is 5.44. The van der Waals surface area contributed by atoms with Crippen LogP contribution in [-0.2, 0) is 13.0 Å². The number of aromatic nitrogens is 2. The molecule has 2 rings (SSSR count). The molecule has 1 saturated heterocycles. The molecule has 0 spiro atoms. The summed E-state index contributed by atoms with van der Waals surface area (Å²) in [4.78, 5) is 20.8. The minimum Gasteiger partial charge on any atom is -0.336 e. The molecule has 22 heavy (non-hydrogen) atoms. The summed E-state index contributed by atoms with van der Waals surface area (Å²) in [6.07, 6.45) is 6.83. The minimum absolute atomic E-state index is 0.0580. The van der Waals surface area contributed by atoms with Gasteiger partial charge < -0.3 is 14.8 Å². The molecule has 1 N–H and O–H groups in total. The maximum atomic E-state index is 12.2. The largest absolute Gasteiger partial charge is 0.336 e. The van der Waals surface area contributed by atoms with E-state index in [1.165, 1.54) is 0 Å². The zero-order valence-electron chi connectivity index (χ0n) is 13.6. The zero-order valence-corrected chi connectivity index (χ0v) is 14.4. The number of rotatable bonds is 7. The molecule has 1 aliphatic heterocycles. The smallest absolute Gasteiger partial charge is 0.317 e. The Labute approximate surface area is 137 Å². The van der Waals surface area contributed by atoms with Gasteiger partial charge in [0.1, 0.15) is 5.82 Å². The van der Waals surface area contributed by atoms with Gasteiger partial charge in [0.25, 0.3) is 0 Å². The number of piperazine rings is 1. The Bertz CT molecular complexity index is 457. The number of amides is 2. The molecular formula is C15H27N5OS. The van der Waals surface area contributed by atoms with Gasteiger partial charge in [0, 0.05) is 70.4 Å². The van der Waals surface area contributed by atoms with Crippen molar-refractivity contribution in [2.24, 2.45) is 0 Å². The Morgan fingerprint density at radius 3 is 2.77 bits per heavy atom. The molecule has 7 heteroatoms. The number of urea groups is 1. The van der Waals surface area contributed by atoms with Crippen molar-refractivity contribution in [1.82, 2.24) is 24.7 Å². The first-order valence-corrected chi connectivity index (χ1v) is 9.38. The van der Waals surface area contributed by atoms with E-state index in [0.29, 0.717) is 6.54 Å². The summed E-state index contributed by atoms with van der Waals surface area (Å²) in [6, 6.07) is 0.0580. The number of nitrogens with zero attached hydrogens (tertiary/aromatic N) is 4. The second kappa shape index (κ2) is 9.05. The first-order valence-electron chi connectivity index (χ1n) is 7.98. The van der Waals surface area contributed by atoms with E-state index >= 15 is 0 Å². The molecule has 1 aromatic heterocycles. The van der Waals surface area contributed by atoms with Crippen LogP contribution in [-0.4, -0.2) is 76.7 Å². The number of aryl methyl sites for hydroxylation is 1. The summed E-state index contributed by atoms with van der Waals surface area (Å²) in [7, 11) is 0. The number of nitrogens with one attached hydrogen (secondary N) is 1. The molecule has 1 aromatic rings. The van der Waals surface area contributed by atoms with E-state index in [4.69, 9.17) is 0 Å². The lowest BCUT2D eigenvalue weighted by Crippen LogP contribution is -2.52. The van der Waals surface area contributed by atoms with Gasteiger partial charge in [-0.2, -0.15) is 11.8 Å². The fourth-order valence-corrected chi connectivity index (χ4v) is 3.09. The predicted molar refractivity (Wildman–Crippen MR) is 91.4 cm³/mol. The molecule has 0 aliphatic carbocycles. The van der Waals surface area contributed by atoms with Crippen LogP contribution in [0.25, 0.3) is 0 Å². The van der Waals surface area contributed by atoms with Crippen molar-refractivity contribution in [2.45, 2.75) is 19.9 Å². The number of carbonyl (C=O) groups is 1. The molecule has 0 saturated carbocycles. The number of imidazole rings is 1. The van der Waals surface area contributed by atoms with Gasteiger partial charge in [0.05, 0.1) is 0 Å². The predicted octanol–water partition coefficient (Wildman–Crippen LogP) is 1.14. The standard InChI is InChI=1S/C15H27N5OS/c1-3-14-16-4-6-19(14)7-5-17-15(21)20-10-8-18(9-11-20)12-13-22-2/h4,6H,3,5,7-13H2,1-2H3,(H,17,21). The molecule has 0 unspecified atom stereocenters. The van der Waals surface area contributed by atoms with Gasteiger partial charge in [-0.05, 0) is 6.26 Å². The summed E-state index contributed by atoms with van der Waals surface area (Å²) in [6.45, 7) is 8.25. The van der Waals surface area contributed by atoms with Crippen LogP contribution < -0.4 is 5.32 Å². The number of carbonyl (C=O) groups excluding carboxylic acids is 1. The third kappa shape index (κ3) is 4.91. The number of hydrogen-bond acceptors (Lipinski definition) is 4. The van der Waals surface area contributed by atoms with E-state index in [1.54, 1.807) is 0 Å². The molecule has 1 fully saturated rings. The highest BCUT2D eigenvalue weighted by molar-refractivity contribution is 7.98. The molecule has 2 amide bonds. The van der Waals surface area contributed by atoms with Crippen LogP contribution in [0.2, 0.25) is 0 Å². The summed E-state index contributed by atoms with van der Waals surface area (Å²) >= 11 is 1.87. The summed E-state index contributed by atoms with van der Waals surface area (Å²) in [5.74, 6) is 2.23. The van der Waals surface area contributed by atoms with Crippen molar-refractivity contribution in [2.75, 3.05) is 51.3 Å². The van der Waals surface area contributed by atoms with Crippen LogP contribution in [0.1, 0.15) is 12.7 Å². The van der Waals surface area contributed by atoms with Crippen molar-refractivity contribution < 1.29 is 4.79 Å². The van der Waals surface area contributed by atoms with Crippen LogP contribution in [0.4, 0.5) is 4.79 Å². The Morgan fingerprint density at radius 2 is 2.09 bits per heavy atom. The average Bonchev–Trinajstić information content (AvgIpc) is 3.00. The lowest BCUT2D eigenvalue weighted by molar-refractivity contribution is 0.143. The van der Waals surface area contributed by atoms with Gasteiger partial charge in [-0.3, -0.25) is 4.90 Å². The van der Waals surface area contributed by atoms with Gasteiger partial charge in [-0.1, -0.05) is 6.92 Å². The van der Waals surface area contributed by atoms with Crippen molar-refractivity contribution in [3.63, 3.8) is 0 Å². The van der Waals surface area contributed by atoms with Gasteiger partial charge in [0.15, 0.2) is 0 Å². The molecule has 0 aromatic carbocycles. The molecule has 0 atom stereocenters. The van der Waals surface area contributed by atoms with Crippen molar-refractivity contribution in [1.29, 1.82) is 0 Å². The fraction of sp³-hybridized carbons (Fsp3) is 0.733. The van der Waals surface area contributed by atoms with Gasteiger partial charge >= 0.3 is 6.03 Å². The number of hydrogen-bond donors (Lipinski definition) is 1. The quantitative estimate of drug-likeness (QED) is 0.817. The fourth-order valence-electron chi connectivity index (χ4n) is 2.65. The Kier molecular flexibility index (Phi) is 7.05. The van der Waals surface area contributed by atoms with Crippen LogP contribution >= 0.6 is 11.8 Å². The molecule has 6 nitrogen and oxygen atoms in total. The molecule has 0 radical (unpaired) electrons. The van der Waals surface area contributed by atoms with E-state index < -0.39 is 0 Å². The second-order valence-corrected chi connectivity index (χ2v) is 6.43. The van der Waals surface area contributed by atoms with Crippen LogP contribution in [0.15, 0.2) is 12.4 Å². The molecular weight excluding hydrogens is 298 g/mol.